The first kappa shape index (κ1) is 14.3. The lowest BCUT2D eigenvalue weighted by Crippen LogP contribution is -2.44. The molecule has 0 aliphatic heterocycles. The first-order chi connectivity index (χ1) is 6.57. The number of hydrogen-bond donors (Lipinski definition) is 3. The van der Waals surface area contributed by atoms with E-state index in [1.54, 1.807) is 13.8 Å². The summed E-state index contributed by atoms with van der Waals surface area (Å²) in [6, 6.07) is 0. The molecular weight excluding hydrogens is 238 g/mol. The maximum absolute atomic E-state index is 11.3. The highest BCUT2D eigenvalue weighted by Gasteiger charge is 2.27. The van der Waals surface area contributed by atoms with Crippen molar-refractivity contribution >= 4 is 33.1 Å². The van der Waals surface area contributed by atoms with Crippen molar-refractivity contribution in [1.29, 1.82) is 0 Å². The van der Waals surface area contributed by atoms with Crippen LogP contribution in [0.5, 0.6) is 0 Å². The lowest BCUT2D eigenvalue weighted by Gasteiger charge is -2.20. The first-order valence-corrected chi connectivity index (χ1v) is 6.18. The van der Waals surface area contributed by atoms with Crippen molar-refractivity contribution in [3.05, 3.63) is 0 Å². The van der Waals surface area contributed by atoms with Crippen LogP contribution in [0.1, 0.15) is 13.8 Å². The summed E-state index contributed by atoms with van der Waals surface area (Å²) in [4.78, 5) is 10.8. The Bertz CT molecular complexity index is 362. The highest BCUT2D eigenvalue weighted by Crippen LogP contribution is 2.12. The molecule has 0 aromatic heterocycles. The van der Waals surface area contributed by atoms with E-state index in [0.717, 1.165) is 0 Å². The molecule has 6 nitrogen and oxygen atoms in total. The summed E-state index contributed by atoms with van der Waals surface area (Å²) in [6.07, 6.45) is 0. The van der Waals surface area contributed by atoms with E-state index in [2.05, 4.69) is 16.9 Å². The summed E-state index contributed by atoms with van der Waals surface area (Å²) < 4.78 is 24.8. The van der Waals surface area contributed by atoms with Gasteiger partial charge in [0, 0.05) is 6.54 Å². The molecule has 15 heavy (non-hydrogen) atoms. The van der Waals surface area contributed by atoms with E-state index >= 15 is 0 Å². The van der Waals surface area contributed by atoms with Gasteiger partial charge < -0.3 is 11.5 Å². The van der Waals surface area contributed by atoms with Crippen molar-refractivity contribution in [2.24, 2.45) is 16.9 Å². The second-order valence-corrected chi connectivity index (χ2v) is 6.13. The van der Waals surface area contributed by atoms with Gasteiger partial charge >= 0.3 is 0 Å². The molecule has 0 rings (SSSR count). The monoisotopic (exact) mass is 253 g/mol. The summed E-state index contributed by atoms with van der Waals surface area (Å²) in [5.41, 5.74) is 9.23. The molecule has 0 aliphatic carbocycles. The molecule has 0 fully saturated rings. The molecule has 5 N–H and O–H groups in total. The van der Waals surface area contributed by atoms with Crippen molar-refractivity contribution in [3.8, 4) is 0 Å². The molecular formula is C7H15N3O3S2. The van der Waals surface area contributed by atoms with E-state index in [1.807, 2.05) is 0 Å². The van der Waals surface area contributed by atoms with Crippen molar-refractivity contribution < 1.29 is 13.2 Å². The summed E-state index contributed by atoms with van der Waals surface area (Å²) in [5, 5.41) is 0. The Balaban J connectivity index is 4.40. The molecule has 0 saturated heterocycles. The molecule has 0 aromatic rings. The smallest absolute Gasteiger partial charge is 0.224 e. The first-order valence-electron chi connectivity index (χ1n) is 4.12. The molecule has 0 bridgehead atoms. The van der Waals surface area contributed by atoms with E-state index < -0.39 is 27.1 Å². The third-order valence-corrected chi connectivity index (χ3v) is 3.34. The van der Waals surface area contributed by atoms with Crippen molar-refractivity contribution in [3.63, 3.8) is 0 Å². The van der Waals surface area contributed by atoms with E-state index in [-0.39, 0.29) is 11.5 Å². The highest BCUT2D eigenvalue weighted by molar-refractivity contribution is 7.92. The minimum absolute atomic E-state index is 0.0761. The van der Waals surface area contributed by atoms with Crippen LogP contribution in [0, 0.1) is 5.41 Å². The van der Waals surface area contributed by atoms with Crippen molar-refractivity contribution in [2.45, 2.75) is 13.8 Å². The van der Waals surface area contributed by atoms with Crippen LogP contribution in [-0.4, -0.2) is 31.6 Å². The van der Waals surface area contributed by atoms with Gasteiger partial charge in [0.15, 0.2) is 0 Å². The van der Waals surface area contributed by atoms with Gasteiger partial charge in [-0.15, -0.1) is 0 Å². The largest absolute Gasteiger partial charge is 0.392 e. The fraction of sp³-hybridized carbons (Fsp3) is 0.714. The molecule has 1 amide bonds. The number of carbonyl (C=O) groups excluding carboxylic acids is 1. The second-order valence-electron chi connectivity index (χ2n) is 3.79. The summed E-state index contributed by atoms with van der Waals surface area (Å²) in [7, 11) is -3.57. The Morgan fingerprint density at radius 3 is 2.20 bits per heavy atom. The van der Waals surface area contributed by atoms with Crippen molar-refractivity contribution in [1.82, 2.24) is 4.72 Å². The fourth-order valence-electron chi connectivity index (χ4n) is 0.616. The fourth-order valence-corrected chi connectivity index (χ4v) is 2.14. The Morgan fingerprint density at radius 1 is 1.40 bits per heavy atom. The van der Waals surface area contributed by atoms with Gasteiger partial charge in [0.05, 0.1) is 10.4 Å². The average molecular weight is 253 g/mol. The maximum Gasteiger partial charge on any atom is 0.224 e. The van der Waals surface area contributed by atoms with Gasteiger partial charge in [0.1, 0.15) is 5.75 Å². The molecule has 0 saturated carbocycles. The van der Waals surface area contributed by atoms with Gasteiger partial charge in [-0.25, -0.2) is 13.1 Å². The summed E-state index contributed by atoms with van der Waals surface area (Å²) >= 11 is 4.47. The second kappa shape index (κ2) is 4.86. The standard InChI is InChI=1S/C7H15N3O3S2/c1-7(2,6(9)11)4-10-15(12,13)3-5(8)14/h10H,3-4H2,1-2H3,(H2,8,14)(H2,9,11). The van der Waals surface area contributed by atoms with Crippen LogP contribution in [0.3, 0.4) is 0 Å². The zero-order valence-corrected chi connectivity index (χ0v) is 10.2. The van der Waals surface area contributed by atoms with Crippen LogP contribution >= 0.6 is 12.2 Å². The van der Waals surface area contributed by atoms with E-state index in [1.165, 1.54) is 0 Å². The predicted octanol–water partition coefficient (Wildman–Crippen LogP) is -1.30. The van der Waals surface area contributed by atoms with Crippen LogP contribution < -0.4 is 16.2 Å². The Hall–Kier alpha value is -0.730. The third kappa shape index (κ3) is 5.65. The normalized spacial score (nSPS) is 12.4. The number of thiocarbonyl (C=S) groups is 1. The molecule has 0 atom stereocenters. The number of amides is 1. The SMILES string of the molecule is CC(C)(CNS(=O)(=O)CC(N)=S)C(N)=O. The summed E-state index contributed by atoms with van der Waals surface area (Å²) in [5.74, 6) is -1.02. The molecule has 88 valence electrons. The number of hydrogen-bond acceptors (Lipinski definition) is 4. The van der Waals surface area contributed by atoms with E-state index in [0.29, 0.717) is 0 Å². The Kier molecular flexibility index (Phi) is 4.63. The van der Waals surface area contributed by atoms with Gasteiger partial charge in [0.25, 0.3) is 0 Å². The maximum atomic E-state index is 11.3. The Labute approximate surface area is 94.4 Å². The van der Waals surface area contributed by atoms with Crippen molar-refractivity contribution in [2.75, 3.05) is 12.3 Å². The zero-order chi connectivity index (χ0) is 12.3. The third-order valence-electron chi connectivity index (χ3n) is 1.73. The minimum atomic E-state index is -3.57. The molecule has 0 spiro atoms. The van der Waals surface area contributed by atoms with Gasteiger partial charge in [-0.1, -0.05) is 12.2 Å². The molecule has 0 unspecified atom stereocenters. The van der Waals surface area contributed by atoms with Crippen LogP contribution in [0.15, 0.2) is 0 Å². The quantitative estimate of drug-likeness (QED) is 0.509. The average Bonchev–Trinajstić information content (AvgIpc) is 1.98. The lowest BCUT2D eigenvalue weighted by atomic mass is 9.93. The number of nitrogens with two attached hydrogens (primary N) is 2. The summed E-state index contributed by atoms with van der Waals surface area (Å²) in [6.45, 7) is 3.00. The lowest BCUT2D eigenvalue weighted by molar-refractivity contribution is -0.125. The van der Waals surface area contributed by atoms with Gasteiger partial charge in [-0.2, -0.15) is 0 Å². The number of sulfonamides is 1. The minimum Gasteiger partial charge on any atom is -0.392 e. The zero-order valence-electron chi connectivity index (χ0n) is 8.61. The highest BCUT2D eigenvalue weighted by atomic mass is 32.2. The Morgan fingerprint density at radius 2 is 1.87 bits per heavy atom. The molecule has 0 aliphatic rings. The number of nitrogens with one attached hydrogen (secondary N) is 1. The topological polar surface area (TPSA) is 115 Å². The van der Waals surface area contributed by atoms with Gasteiger partial charge in [-0.3, -0.25) is 4.79 Å². The molecule has 0 heterocycles. The van der Waals surface area contributed by atoms with E-state index in [4.69, 9.17) is 11.5 Å². The van der Waals surface area contributed by atoms with Crippen LogP contribution in [0.4, 0.5) is 0 Å². The molecule has 0 aromatic carbocycles. The number of carbonyl (C=O) groups is 1. The predicted molar refractivity (Wildman–Crippen MR) is 61.6 cm³/mol. The molecule has 8 heteroatoms. The van der Waals surface area contributed by atoms with Crippen LogP contribution in [0.25, 0.3) is 0 Å². The number of rotatable bonds is 6. The molecule has 0 radical (unpaired) electrons. The van der Waals surface area contributed by atoms with Crippen LogP contribution in [0.2, 0.25) is 0 Å². The van der Waals surface area contributed by atoms with E-state index in [9.17, 15) is 13.2 Å². The van der Waals surface area contributed by atoms with Gasteiger partial charge in [-0.05, 0) is 13.8 Å². The van der Waals surface area contributed by atoms with Crippen LogP contribution in [-0.2, 0) is 14.8 Å². The number of primary amides is 1. The van der Waals surface area contributed by atoms with Gasteiger partial charge in [0.2, 0.25) is 15.9 Å².